The van der Waals surface area contributed by atoms with Crippen LogP contribution in [0.15, 0.2) is 51.8 Å². The molecular formula is C19H15BrN2O4S2. The highest BCUT2D eigenvalue weighted by Gasteiger charge is 2.30. The number of hydrogen-bond acceptors (Lipinski definition) is 6. The molecule has 2 aromatic carbocycles. The quantitative estimate of drug-likeness (QED) is 0.247. The lowest BCUT2D eigenvalue weighted by Gasteiger charge is -2.11. The van der Waals surface area contributed by atoms with Crippen LogP contribution < -0.4 is 4.74 Å². The Morgan fingerprint density at radius 2 is 2.00 bits per heavy atom. The van der Waals surface area contributed by atoms with Crippen molar-refractivity contribution in [2.75, 3.05) is 6.54 Å². The van der Waals surface area contributed by atoms with Crippen LogP contribution in [0, 0.1) is 10.1 Å². The number of thiocarbonyl (C=S) groups is 1. The topological polar surface area (TPSA) is 72.7 Å². The molecule has 0 bridgehead atoms. The molecule has 2 aromatic rings. The molecule has 0 unspecified atom stereocenters. The van der Waals surface area contributed by atoms with Crippen molar-refractivity contribution < 1.29 is 14.5 Å². The van der Waals surface area contributed by atoms with E-state index in [2.05, 4.69) is 15.9 Å². The third-order valence-corrected chi connectivity index (χ3v) is 5.86. The average Bonchev–Trinajstić information content (AvgIpc) is 2.94. The minimum absolute atomic E-state index is 0.0334. The first-order valence-corrected chi connectivity index (χ1v) is 10.3. The summed E-state index contributed by atoms with van der Waals surface area (Å²) in [6, 6.07) is 11.7. The summed E-state index contributed by atoms with van der Waals surface area (Å²) >= 11 is 9.96. The summed E-state index contributed by atoms with van der Waals surface area (Å²) < 4.78 is 7.30. The summed E-state index contributed by atoms with van der Waals surface area (Å²) in [6.45, 7) is 2.66. The number of thioether (sulfide) groups is 1. The Hall–Kier alpha value is -2.23. The van der Waals surface area contributed by atoms with E-state index in [4.69, 9.17) is 17.0 Å². The van der Waals surface area contributed by atoms with Gasteiger partial charge in [0, 0.05) is 28.7 Å². The summed E-state index contributed by atoms with van der Waals surface area (Å²) in [7, 11) is 0. The van der Waals surface area contributed by atoms with Gasteiger partial charge < -0.3 is 4.74 Å². The van der Waals surface area contributed by atoms with E-state index < -0.39 is 4.92 Å². The first-order valence-electron chi connectivity index (χ1n) is 8.30. The number of benzene rings is 2. The second-order valence-electron chi connectivity index (χ2n) is 5.82. The van der Waals surface area contributed by atoms with Crippen molar-refractivity contribution in [3.05, 3.63) is 73.1 Å². The van der Waals surface area contributed by atoms with Crippen molar-refractivity contribution >= 4 is 61.9 Å². The van der Waals surface area contributed by atoms with Gasteiger partial charge in [0.1, 0.15) is 16.7 Å². The van der Waals surface area contributed by atoms with Crippen molar-refractivity contribution in [3.63, 3.8) is 0 Å². The van der Waals surface area contributed by atoms with Gasteiger partial charge in [0.15, 0.2) is 0 Å². The highest BCUT2D eigenvalue weighted by atomic mass is 79.9. The maximum atomic E-state index is 12.5. The molecule has 0 saturated carbocycles. The maximum Gasteiger partial charge on any atom is 0.269 e. The van der Waals surface area contributed by atoms with Crippen LogP contribution in [0.1, 0.15) is 18.1 Å². The first-order chi connectivity index (χ1) is 13.4. The van der Waals surface area contributed by atoms with E-state index in [1.54, 1.807) is 23.1 Å². The van der Waals surface area contributed by atoms with E-state index in [1.807, 2.05) is 25.1 Å². The molecule has 1 aliphatic heterocycles. The number of halogens is 1. The number of non-ortho nitro benzene ring substituents is 1. The van der Waals surface area contributed by atoms with Crippen LogP contribution in [0.3, 0.4) is 0 Å². The van der Waals surface area contributed by atoms with Crippen LogP contribution in [0.2, 0.25) is 0 Å². The zero-order valence-electron chi connectivity index (χ0n) is 14.8. The van der Waals surface area contributed by atoms with Crippen molar-refractivity contribution in [2.24, 2.45) is 0 Å². The standard InChI is InChI=1S/C19H15BrN2O4S2/c1-2-21-18(23)17(28-19(21)27)10-13-9-14(20)5-8-16(13)26-11-12-3-6-15(7-4-12)22(24)25/h3-10H,2,11H2,1H3/b17-10-. The minimum atomic E-state index is -0.441. The molecule has 0 radical (unpaired) electrons. The van der Waals surface area contributed by atoms with E-state index >= 15 is 0 Å². The van der Waals surface area contributed by atoms with Gasteiger partial charge in [-0.15, -0.1) is 0 Å². The molecule has 1 amide bonds. The summed E-state index contributed by atoms with van der Waals surface area (Å²) in [5.74, 6) is 0.488. The van der Waals surface area contributed by atoms with Gasteiger partial charge in [-0.1, -0.05) is 39.9 Å². The Balaban J connectivity index is 1.81. The van der Waals surface area contributed by atoms with Crippen LogP contribution in [0.5, 0.6) is 5.75 Å². The Kier molecular flexibility index (Phi) is 6.48. The Labute approximate surface area is 179 Å². The minimum Gasteiger partial charge on any atom is -0.488 e. The molecule has 1 saturated heterocycles. The molecule has 0 aromatic heterocycles. The number of hydrogen-bond donors (Lipinski definition) is 0. The number of nitro groups is 1. The molecule has 3 rings (SSSR count). The van der Waals surface area contributed by atoms with Crippen LogP contribution >= 0.6 is 39.9 Å². The highest BCUT2D eigenvalue weighted by molar-refractivity contribution is 9.10. The molecule has 0 atom stereocenters. The molecule has 9 heteroatoms. The summed E-state index contributed by atoms with van der Waals surface area (Å²) in [5.41, 5.74) is 1.58. The molecule has 0 aliphatic carbocycles. The Morgan fingerprint density at radius 3 is 2.61 bits per heavy atom. The van der Waals surface area contributed by atoms with Gasteiger partial charge in [-0.05, 0) is 48.9 Å². The lowest BCUT2D eigenvalue weighted by Crippen LogP contribution is -2.27. The van der Waals surface area contributed by atoms with E-state index in [-0.39, 0.29) is 18.2 Å². The van der Waals surface area contributed by atoms with E-state index in [9.17, 15) is 14.9 Å². The van der Waals surface area contributed by atoms with Crippen molar-refractivity contribution in [3.8, 4) is 5.75 Å². The second-order valence-corrected chi connectivity index (χ2v) is 8.41. The molecule has 1 fully saturated rings. The number of rotatable bonds is 6. The number of carbonyl (C=O) groups is 1. The lowest BCUT2D eigenvalue weighted by molar-refractivity contribution is -0.384. The van der Waals surface area contributed by atoms with E-state index in [0.717, 1.165) is 15.6 Å². The molecule has 1 heterocycles. The van der Waals surface area contributed by atoms with Crippen LogP contribution in [-0.2, 0) is 11.4 Å². The molecule has 144 valence electrons. The third kappa shape index (κ3) is 4.60. The number of nitrogens with zero attached hydrogens (tertiary/aromatic N) is 2. The normalized spacial score (nSPS) is 15.4. The van der Waals surface area contributed by atoms with Gasteiger partial charge in [0.05, 0.1) is 9.83 Å². The second kappa shape index (κ2) is 8.85. The van der Waals surface area contributed by atoms with Crippen molar-refractivity contribution in [1.29, 1.82) is 0 Å². The fourth-order valence-corrected chi connectivity index (χ4v) is 4.31. The predicted molar refractivity (Wildman–Crippen MR) is 117 cm³/mol. The molecular weight excluding hydrogens is 464 g/mol. The summed E-state index contributed by atoms with van der Waals surface area (Å²) in [5, 5.41) is 10.7. The van der Waals surface area contributed by atoms with Gasteiger partial charge >= 0.3 is 0 Å². The average molecular weight is 479 g/mol. The molecule has 1 aliphatic rings. The van der Waals surface area contributed by atoms with Gasteiger partial charge in [-0.3, -0.25) is 19.8 Å². The molecule has 0 N–H and O–H groups in total. The summed E-state index contributed by atoms with van der Waals surface area (Å²) in [4.78, 5) is 24.9. The van der Waals surface area contributed by atoms with Gasteiger partial charge in [-0.25, -0.2) is 0 Å². The van der Waals surface area contributed by atoms with Gasteiger partial charge in [0.25, 0.3) is 11.6 Å². The zero-order chi connectivity index (χ0) is 20.3. The fourth-order valence-electron chi connectivity index (χ4n) is 2.55. The Bertz CT molecular complexity index is 976. The summed E-state index contributed by atoms with van der Waals surface area (Å²) in [6.07, 6.45) is 1.77. The maximum absolute atomic E-state index is 12.5. The fraction of sp³-hybridized carbons (Fsp3) is 0.158. The van der Waals surface area contributed by atoms with Crippen LogP contribution in [0.25, 0.3) is 6.08 Å². The number of ether oxygens (including phenoxy) is 1. The number of nitro benzene ring substituents is 1. The lowest BCUT2D eigenvalue weighted by atomic mass is 10.1. The highest BCUT2D eigenvalue weighted by Crippen LogP contribution is 2.35. The zero-order valence-corrected chi connectivity index (χ0v) is 18.0. The molecule has 6 nitrogen and oxygen atoms in total. The number of carbonyl (C=O) groups excluding carboxylic acids is 1. The number of likely N-dealkylation sites (N-methyl/N-ethyl adjacent to an activating group) is 1. The van der Waals surface area contributed by atoms with Crippen molar-refractivity contribution in [2.45, 2.75) is 13.5 Å². The van der Waals surface area contributed by atoms with Crippen LogP contribution in [0.4, 0.5) is 5.69 Å². The van der Waals surface area contributed by atoms with Crippen molar-refractivity contribution in [1.82, 2.24) is 4.90 Å². The van der Waals surface area contributed by atoms with E-state index in [1.165, 1.54) is 23.9 Å². The monoisotopic (exact) mass is 478 g/mol. The molecule has 28 heavy (non-hydrogen) atoms. The van der Waals surface area contributed by atoms with Gasteiger partial charge in [-0.2, -0.15) is 0 Å². The SMILES string of the molecule is CCN1C(=O)/C(=C/c2cc(Br)ccc2OCc2ccc([N+](=O)[O-])cc2)SC1=S. The third-order valence-electron chi connectivity index (χ3n) is 3.99. The first kappa shape index (κ1) is 20.5. The predicted octanol–water partition coefficient (Wildman–Crippen LogP) is 5.16. The smallest absolute Gasteiger partial charge is 0.269 e. The molecule has 0 spiro atoms. The number of amides is 1. The van der Waals surface area contributed by atoms with E-state index in [0.29, 0.717) is 21.5 Å². The Morgan fingerprint density at radius 1 is 1.29 bits per heavy atom. The van der Waals surface area contributed by atoms with Crippen LogP contribution in [-0.4, -0.2) is 26.6 Å². The largest absolute Gasteiger partial charge is 0.488 e. The van der Waals surface area contributed by atoms with Gasteiger partial charge in [0.2, 0.25) is 0 Å².